The van der Waals surface area contributed by atoms with Gasteiger partial charge in [-0.05, 0) is 47.0 Å². The standard InChI is InChI=1S/C39H24N4/c1-3-9-34-31(7-1)37(36-24-41-33-8-2-4-10-35(33)43(34)36)28-17-13-26(14-18-28)25-11-15-27(16-12-25)32-22-21-30-20-19-29-6-5-23-40-38(29)39(30)42-32/h1-24H. The molecule has 4 nitrogen and oxygen atoms in total. The Morgan fingerprint density at radius 3 is 1.91 bits per heavy atom. The zero-order chi connectivity index (χ0) is 28.3. The molecule has 0 saturated carbocycles. The van der Waals surface area contributed by atoms with E-state index in [2.05, 4.69) is 131 Å². The van der Waals surface area contributed by atoms with Crippen LogP contribution < -0.4 is 0 Å². The molecule has 0 aliphatic rings. The Balaban J connectivity index is 1.09. The van der Waals surface area contributed by atoms with Crippen LogP contribution in [-0.4, -0.2) is 19.4 Å². The van der Waals surface area contributed by atoms with Crippen LogP contribution in [0.25, 0.3) is 82.8 Å². The van der Waals surface area contributed by atoms with Gasteiger partial charge in [0, 0.05) is 33.5 Å². The van der Waals surface area contributed by atoms with E-state index in [0.717, 1.165) is 49.6 Å². The zero-order valence-electron chi connectivity index (χ0n) is 23.1. The van der Waals surface area contributed by atoms with E-state index in [1.807, 2.05) is 24.5 Å². The van der Waals surface area contributed by atoms with Gasteiger partial charge in [-0.1, -0.05) is 103 Å². The summed E-state index contributed by atoms with van der Waals surface area (Å²) >= 11 is 0. The summed E-state index contributed by atoms with van der Waals surface area (Å²) in [4.78, 5) is 14.4. The van der Waals surface area contributed by atoms with Crippen LogP contribution >= 0.6 is 0 Å². The molecule has 0 N–H and O–H groups in total. The van der Waals surface area contributed by atoms with Crippen LogP contribution in [0.3, 0.4) is 0 Å². The van der Waals surface area contributed by atoms with Gasteiger partial charge in [0.15, 0.2) is 0 Å². The number of aromatic nitrogens is 4. The van der Waals surface area contributed by atoms with E-state index in [0.29, 0.717) is 0 Å². The number of para-hydroxylation sites is 3. The first-order valence-electron chi connectivity index (χ1n) is 14.4. The maximum atomic E-state index is 5.02. The van der Waals surface area contributed by atoms with Crippen LogP contribution in [0, 0.1) is 0 Å². The highest BCUT2D eigenvalue weighted by atomic mass is 14.9. The topological polar surface area (TPSA) is 43.1 Å². The maximum Gasteiger partial charge on any atom is 0.0972 e. The minimum absolute atomic E-state index is 0.934. The molecule has 0 amide bonds. The molecule has 0 unspecified atom stereocenters. The largest absolute Gasteiger partial charge is 0.306 e. The fourth-order valence-electron chi connectivity index (χ4n) is 6.39. The van der Waals surface area contributed by atoms with E-state index < -0.39 is 0 Å². The molecule has 0 aliphatic carbocycles. The molecule has 9 rings (SSSR count). The van der Waals surface area contributed by atoms with E-state index in [1.54, 1.807) is 0 Å². The molecule has 0 spiro atoms. The van der Waals surface area contributed by atoms with Crippen molar-refractivity contribution in [3.8, 4) is 33.5 Å². The highest BCUT2D eigenvalue weighted by Crippen LogP contribution is 2.38. The van der Waals surface area contributed by atoms with Crippen molar-refractivity contribution >= 4 is 49.3 Å². The van der Waals surface area contributed by atoms with Gasteiger partial charge in [-0.3, -0.25) is 9.97 Å². The Morgan fingerprint density at radius 1 is 0.442 bits per heavy atom. The van der Waals surface area contributed by atoms with Crippen LogP contribution in [0.5, 0.6) is 0 Å². The van der Waals surface area contributed by atoms with Gasteiger partial charge in [0.05, 0.1) is 45.0 Å². The SMILES string of the molecule is c1cnc2c(c1)ccc1ccc(-c3ccc(-c4ccc(-c5c6ccccc6n6c5cnc5ccccc56)cc4)cc3)nc12. The molecular weight excluding hydrogens is 524 g/mol. The molecular formula is C39H24N4. The molecule has 43 heavy (non-hydrogen) atoms. The minimum atomic E-state index is 0.934. The van der Waals surface area contributed by atoms with Crippen molar-refractivity contribution in [1.82, 2.24) is 19.4 Å². The van der Waals surface area contributed by atoms with Gasteiger partial charge in [-0.15, -0.1) is 0 Å². The van der Waals surface area contributed by atoms with Crippen molar-refractivity contribution in [1.29, 1.82) is 0 Å². The van der Waals surface area contributed by atoms with Crippen molar-refractivity contribution in [3.05, 3.63) is 146 Å². The summed E-state index contributed by atoms with van der Waals surface area (Å²) in [6.07, 6.45) is 3.83. The van der Waals surface area contributed by atoms with Gasteiger partial charge in [-0.2, -0.15) is 0 Å². The Hall–Kier alpha value is -5.87. The molecule has 4 heteroatoms. The predicted molar refractivity (Wildman–Crippen MR) is 177 cm³/mol. The number of pyridine rings is 2. The van der Waals surface area contributed by atoms with Crippen LogP contribution in [0.1, 0.15) is 0 Å². The van der Waals surface area contributed by atoms with Crippen molar-refractivity contribution in [3.63, 3.8) is 0 Å². The normalized spacial score (nSPS) is 11.7. The molecule has 0 saturated heterocycles. The maximum absolute atomic E-state index is 5.02. The smallest absolute Gasteiger partial charge is 0.0972 e. The van der Waals surface area contributed by atoms with Crippen LogP contribution in [0.15, 0.2) is 146 Å². The molecule has 0 atom stereocenters. The Morgan fingerprint density at radius 2 is 1.09 bits per heavy atom. The summed E-state index contributed by atoms with van der Waals surface area (Å²) in [5.74, 6) is 0. The summed E-state index contributed by atoms with van der Waals surface area (Å²) < 4.78 is 2.33. The summed E-state index contributed by atoms with van der Waals surface area (Å²) in [6, 6.07) is 47.0. The molecule has 0 fully saturated rings. The zero-order valence-corrected chi connectivity index (χ0v) is 23.1. The Kier molecular flexibility index (Phi) is 5.16. The third kappa shape index (κ3) is 3.74. The molecule has 0 aliphatic heterocycles. The van der Waals surface area contributed by atoms with Crippen LogP contribution in [0.4, 0.5) is 0 Å². The summed E-state index contributed by atoms with van der Waals surface area (Å²) in [5.41, 5.74) is 13.0. The lowest BCUT2D eigenvalue weighted by molar-refractivity contribution is 1.27. The first kappa shape index (κ1) is 23.8. The number of nitrogens with zero attached hydrogens (tertiary/aromatic N) is 4. The Labute approximate surface area is 247 Å². The Bertz CT molecular complexity index is 2490. The lowest BCUT2D eigenvalue weighted by Crippen LogP contribution is -1.90. The van der Waals surface area contributed by atoms with Crippen molar-refractivity contribution < 1.29 is 0 Å². The third-order valence-corrected chi connectivity index (χ3v) is 8.48. The molecule has 200 valence electrons. The number of hydrogen-bond acceptors (Lipinski definition) is 3. The molecule has 0 bridgehead atoms. The fraction of sp³-hybridized carbons (Fsp3) is 0. The monoisotopic (exact) mass is 548 g/mol. The highest BCUT2D eigenvalue weighted by Gasteiger charge is 2.16. The first-order chi connectivity index (χ1) is 21.3. The molecule has 4 aromatic heterocycles. The fourth-order valence-corrected chi connectivity index (χ4v) is 6.39. The lowest BCUT2D eigenvalue weighted by Gasteiger charge is -2.08. The van der Waals surface area contributed by atoms with Gasteiger partial charge in [0.25, 0.3) is 0 Å². The van der Waals surface area contributed by atoms with Crippen LogP contribution in [-0.2, 0) is 0 Å². The van der Waals surface area contributed by atoms with Gasteiger partial charge >= 0.3 is 0 Å². The average molecular weight is 549 g/mol. The molecule has 4 heterocycles. The van der Waals surface area contributed by atoms with Crippen molar-refractivity contribution in [2.75, 3.05) is 0 Å². The summed E-state index contributed by atoms with van der Waals surface area (Å²) in [7, 11) is 0. The average Bonchev–Trinajstić information content (AvgIpc) is 3.43. The minimum Gasteiger partial charge on any atom is -0.306 e. The van der Waals surface area contributed by atoms with Gasteiger partial charge in [0.2, 0.25) is 0 Å². The van der Waals surface area contributed by atoms with E-state index in [-0.39, 0.29) is 0 Å². The van der Waals surface area contributed by atoms with Gasteiger partial charge < -0.3 is 4.40 Å². The second-order valence-electron chi connectivity index (χ2n) is 10.9. The van der Waals surface area contributed by atoms with Crippen molar-refractivity contribution in [2.45, 2.75) is 0 Å². The second kappa shape index (κ2) is 9.33. The quantitative estimate of drug-likeness (QED) is 0.206. The predicted octanol–water partition coefficient (Wildman–Crippen LogP) is 9.74. The summed E-state index contributed by atoms with van der Waals surface area (Å²) in [6.45, 7) is 0. The molecule has 9 aromatic rings. The van der Waals surface area contributed by atoms with Gasteiger partial charge in [-0.25, -0.2) is 4.98 Å². The van der Waals surface area contributed by atoms with E-state index in [4.69, 9.17) is 9.97 Å². The molecule has 0 radical (unpaired) electrons. The second-order valence-corrected chi connectivity index (χ2v) is 10.9. The first-order valence-corrected chi connectivity index (χ1v) is 14.4. The van der Waals surface area contributed by atoms with E-state index in [1.165, 1.54) is 33.2 Å². The van der Waals surface area contributed by atoms with E-state index in [9.17, 15) is 0 Å². The number of rotatable bonds is 3. The summed E-state index contributed by atoms with van der Waals surface area (Å²) in [5, 5.41) is 3.42. The highest BCUT2D eigenvalue weighted by molar-refractivity contribution is 6.08. The number of hydrogen-bond donors (Lipinski definition) is 0. The lowest BCUT2D eigenvalue weighted by atomic mass is 9.98. The number of fused-ring (bicyclic) bond motifs is 8. The molecule has 5 aromatic carbocycles. The van der Waals surface area contributed by atoms with Crippen molar-refractivity contribution in [2.24, 2.45) is 0 Å². The van der Waals surface area contributed by atoms with Gasteiger partial charge in [0.1, 0.15) is 0 Å². The van der Waals surface area contributed by atoms with Crippen LogP contribution in [0.2, 0.25) is 0 Å². The number of benzene rings is 5. The third-order valence-electron chi connectivity index (χ3n) is 8.48. The van der Waals surface area contributed by atoms with E-state index >= 15 is 0 Å².